The molecule has 0 aliphatic carbocycles. The molecule has 0 aromatic heterocycles. The lowest BCUT2D eigenvalue weighted by atomic mass is 9.99. The Bertz CT molecular complexity index is 496. The first kappa shape index (κ1) is 10.9. The maximum absolute atomic E-state index is 9.71. The number of rotatable bonds is 3. The van der Waals surface area contributed by atoms with Crippen LogP contribution in [-0.4, -0.2) is 22.9 Å². The first-order valence-corrected chi connectivity index (χ1v) is 5.28. The van der Waals surface area contributed by atoms with Gasteiger partial charge in [-0.3, -0.25) is 0 Å². The van der Waals surface area contributed by atoms with Crippen LogP contribution in [0.1, 0.15) is 5.56 Å². The van der Waals surface area contributed by atoms with Gasteiger partial charge in [0.2, 0.25) is 0 Å². The minimum Gasteiger partial charge on any atom is -0.507 e. The molecule has 1 atom stereocenters. The first-order valence-electron chi connectivity index (χ1n) is 5.28. The highest BCUT2D eigenvalue weighted by molar-refractivity contribution is 5.90. The number of nitrogens with two attached hydrogens (primary N) is 1. The molecule has 3 heteroatoms. The van der Waals surface area contributed by atoms with E-state index in [1.165, 1.54) is 0 Å². The molecule has 0 aliphatic heterocycles. The molecular weight excluding hydrogens is 202 g/mol. The Labute approximate surface area is 94.1 Å². The third kappa shape index (κ3) is 2.01. The van der Waals surface area contributed by atoms with E-state index >= 15 is 0 Å². The smallest absolute Gasteiger partial charge is 0.123 e. The number of phenolic OH excluding ortho intramolecular Hbond substituents is 1. The fourth-order valence-corrected chi connectivity index (χ4v) is 1.87. The highest BCUT2D eigenvalue weighted by atomic mass is 16.3. The quantitative estimate of drug-likeness (QED) is 0.728. The summed E-state index contributed by atoms with van der Waals surface area (Å²) in [6, 6.07) is 10.9. The van der Waals surface area contributed by atoms with Crippen LogP contribution in [0.3, 0.4) is 0 Å². The zero-order valence-corrected chi connectivity index (χ0v) is 8.93. The van der Waals surface area contributed by atoms with Crippen molar-refractivity contribution >= 4 is 10.8 Å². The molecule has 0 heterocycles. The number of phenols is 1. The summed E-state index contributed by atoms with van der Waals surface area (Å²) in [4.78, 5) is 0. The standard InChI is InChI=1S/C13H15NO2/c14-10(8-15)7-9-5-6-13(16)12-4-2-1-3-11(9)12/h1-6,10,15-16H,7-8,14H2. The topological polar surface area (TPSA) is 66.5 Å². The third-order valence-corrected chi connectivity index (χ3v) is 2.71. The number of benzene rings is 2. The van der Waals surface area contributed by atoms with Crippen molar-refractivity contribution in [3.8, 4) is 5.75 Å². The molecule has 1 unspecified atom stereocenters. The molecule has 0 radical (unpaired) electrons. The molecule has 2 aromatic rings. The second-order valence-electron chi connectivity index (χ2n) is 3.94. The maximum atomic E-state index is 9.71. The van der Waals surface area contributed by atoms with Gasteiger partial charge in [-0.1, -0.05) is 30.3 Å². The molecule has 84 valence electrons. The van der Waals surface area contributed by atoms with E-state index < -0.39 is 0 Å². The average Bonchev–Trinajstić information content (AvgIpc) is 2.33. The Morgan fingerprint density at radius 3 is 2.44 bits per heavy atom. The molecule has 16 heavy (non-hydrogen) atoms. The summed E-state index contributed by atoms with van der Waals surface area (Å²) < 4.78 is 0. The first-order chi connectivity index (χ1) is 7.72. The van der Waals surface area contributed by atoms with E-state index in [9.17, 15) is 5.11 Å². The van der Waals surface area contributed by atoms with E-state index in [-0.39, 0.29) is 18.4 Å². The predicted octanol–water partition coefficient (Wildman–Crippen LogP) is 1.41. The number of aliphatic hydroxyl groups is 1. The van der Waals surface area contributed by atoms with Crippen LogP contribution < -0.4 is 5.73 Å². The normalized spacial score (nSPS) is 12.9. The van der Waals surface area contributed by atoms with E-state index in [1.54, 1.807) is 6.07 Å². The van der Waals surface area contributed by atoms with Crippen molar-refractivity contribution in [2.45, 2.75) is 12.5 Å². The van der Waals surface area contributed by atoms with Crippen molar-refractivity contribution in [2.75, 3.05) is 6.61 Å². The summed E-state index contributed by atoms with van der Waals surface area (Å²) in [6.07, 6.45) is 0.608. The zero-order valence-electron chi connectivity index (χ0n) is 8.93. The van der Waals surface area contributed by atoms with E-state index in [1.807, 2.05) is 30.3 Å². The van der Waals surface area contributed by atoms with Crippen LogP contribution >= 0.6 is 0 Å². The van der Waals surface area contributed by atoms with Crippen molar-refractivity contribution in [3.63, 3.8) is 0 Å². The van der Waals surface area contributed by atoms with Gasteiger partial charge in [-0.15, -0.1) is 0 Å². The highest BCUT2D eigenvalue weighted by Crippen LogP contribution is 2.27. The molecule has 0 fully saturated rings. The summed E-state index contributed by atoms with van der Waals surface area (Å²) >= 11 is 0. The van der Waals surface area contributed by atoms with Crippen LogP contribution in [0, 0.1) is 0 Å². The molecule has 4 N–H and O–H groups in total. The second kappa shape index (κ2) is 4.51. The number of fused-ring (bicyclic) bond motifs is 1. The van der Waals surface area contributed by atoms with E-state index in [2.05, 4.69) is 0 Å². The summed E-state index contributed by atoms with van der Waals surface area (Å²) in [5.74, 6) is 0.275. The van der Waals surface area contributed by atoms with Crippen molar-refractivity contribution < 1.29 is 10.2 Å². The highest BCUT2D eigenvalue weighted by Gasteiger charge is 2.08. The molecule has 0 saturated heterocycles. The second-order valence-corrected chi connectivity index (χ2v) is 3.94. The molecule has 0 saturated carbocycles. The Morgan fingerprint density at radius 2 is 1.75 bits per heavy atom. The van der Waals surface area contributed by atoms with Gasteiger partial charge >= 0.3 is 0 Å². The lowest BCUT2D eigenvalue weighted by Crippen LogP contribution is -2.26. The molecule has 2 aromatic carbocycles. The number of hydrogen-bond donors (Lipinski definition) is 3. The van der Waals surface area contributed by atoms with Gasteiger partial charge in [0.1, 0.15) is 5.75 Å². The van der Waals surface area contributed by atoms with Crippen LogP contribution in [0.15, 0.2) is 36.4 Å². The third-order valence-electron chi connectivity index (χ3n) is 2.71. The molecule has 0 spiro atoms. The van der Waals surface area contributed by atoms with Gasteiger partial charge in [0, 0.05) is 11.4 Å². The SMILES string of the molecule is NC(CO)Cc1ccc(O)c2ccccc12. The van der Waals surface area contributed by atoms with Gasteiger partial charge in [-0.2, -0.15) is 0 Å². The van der Waals surface area contributed by atoms with Crippen molar-refractivity contribution in [3.05, 3.63) is 42.0 Å². The van der Waals surface area contributed by atoms with Crippen molar-refractivity contribution in [2.24, 2.45) is 5.73 Å². The monoisotopic (exact) mass is 217 g/mol. The summed E-state index contributed by atoms with van der Waals surface area (Å²) in [6.45, 7) is -0.0325. The minimum atomic E-state index is -0.257. The van der Waals surface area contributed by atoms with Gasteiger partial charge in [0.05, 0.1) is 6.61 Å². The molecule has 0 aliphatic rings. The number of aromatic hydroxyl groups is 1. The molecular formula is C13H15NO2. The van der Waals surface area contributed by atoms with Gasteiger partial charge in [0.25, 0.3) is 0 Å². The Morgan fingerprint density at radius 1 is 1.06 bits per heavy atom. The maximum Gasteiger partial charge on any atom is 0.123 e. The average molecular weight is 217 g/mol. The minimum absolute atomic E-state index is 0.0325. The van der Waals surface area contributed by atoms with Crippen molar-refractivity contribution in [1.29, 1.82) is 0 Å². The van der Waals surface area contributed by atoms with Gasteiger partial charge in [0.15, 0.2) is 0 Å². The summed E-state index contributed by atoms with van der Waals surface area (Å²) in [5.41, 5.74) is 6.77. The zero-order chi connectivity index (χ0) is 11.5. The van der Waals surface area contributed by atoms with E-state index in [0.29, 0.717) is 6.42 Å². The largest absolute Gasteiger partial charge is 0.507 e. The van der Waals surface area contributed by atoms with E-state index in [0.717, 1.165) is 16.3 Å². The van der Waals surface area contributed by atoms with Crippen LogP contribution in [-0.2, 0) is 6.42 Å². The lowest BCUT2D eigenvalue weighted by molar-refractivity contribution is 0.265. The molecule has 0 bridgehead atoms. The number of aliphatic hydroxyl groups excluding tert-OH is 1. The van der Waals surface area contributed by atoms with Crippen LogP contribution in [0.2, 0.25) is 0 Å². The fraction of sp³-hybridized carbons (Fsp3) is 0.231. The summed E-state index contributed by atoms with van der Waals surface area (Å²) in [5, 5.41) is 20.5. The Balaban J connectivity index is 2.50. The molecule has 2 rings (SSSR count). The van der Waals surface area contributed by atoms with Crippen LogP contribution in [0.4, 0.5) is 0 Å². The van der Waals surface area contributed by atoms with Gasteiger partial charge in [-0.05, 0) is 23.4 Å². The van der Waals surface area contributed by atoms with Crippen molar-refractivity contribution in [1.82, 2.24) is 0 Å². The molecule has 3 nitrogen and oxygen atoms in total. The summed E-state index contributed by atoms with van der Waals surface area (Å²) in [7, 11) is 0. The Hall–Kier alpha value is -1.58. The fourth-order valence-electron chi connectivity index (χ4n) is 1.87. The predicted molar refractivity (Wildman–Crippen MR) is 64.4 cm³/mol. The van der Waals surface area contributed by atoms with Crippen LogP contribution in [0.5, 0.6) is 5.75 Å². The molecule has 0 amide bonds. The van der Waals surface area contributed by atoms with Crippen LogP contribution in [0.25, 0.3) is 10.8 Å². The van der Waals surface area contributed by atoms with E-state index in [4.69, 9.17) is 10.8 Å². The van der Waals surface area contributed by atoms with Gasteiger partial charge in [-0.25, -0.2) is 0 Å². The van der Waals surface area contributed by atoms with Gasteiger partial charge < -0.3 is 15.9 Å². The lowest BCUT2D eigenvalue weighted by Gasteiger charge is -2.11. The number of hydrogen-bond acceptors (Lipinski definition) is 3. The Kier molecular flexibility index (Phi) is 3.08.